The smallest absolute Gasteiger partial charge is 0.237 e. The van der Waals surface area contributed by atoms with E-state index in [1.54, 1.807) is 12.4 Å². The predicted molar refractivity (Wildman–Crippen MR) is 71.8 cm³/mol. The van der Waals surface area contributed by atoms with Crippen LogP contribution < -0.4 is 10.5 Å². The van der Waals surface area contributed by atoms with Gasteiger partial charge in [-0.1, -0.05) is 15.9 Å². The van der Waals surface area contributed by atoms with Crippen molar-refractivity contribution in [3.8, 4) is 11.6 Å². The lowest BCUT2D eigenvalue weighted by Crippen LogP contribution is -2.00. The fourth-order valence-corrected chi connectivity index (χ4v) is 2.30. The van der Waals surface area contributed by atoms with Crippen LogP contribution in [-0.4, -0.2) is 9.97 Å². The lowest BCUT2D eigenvalue weighted by atomic mass is 10.3. The molecule has 0 fully saturated rings. The molecule has 0 saturated heterocycles. The summed E-state index contributed by atoms with van der Waals surface area (Å²) < 4.78 is 7.40. The molecule has 0 radical (unpaired) electrons. The van der Waals surface area contributed by atoms with Crippen LogP contribution in [0.2, 0.25) is 0 Å². The van der Waals surface area contributed by atoms with Gasteiger partial charge >= 0.3 is 0 Å². The van der Waals surface area contributed by atoms with Crippen LogP contribution in [0.4, 0.5) is 0 Å². The molecule has 0 amide bonds. The highest BCUT2D eigenvalue weighted by atomic mass is 79.9. The van der Waals surface area contributed by atoms with E-state index in [2.05, 4.69) is 41.8 Å². The molecule has 1 aromatic heterocycles. The van der Waals surface area contributed by atoms with Gasteiger partial charge in [0.15, 0.2) is 0 Å². The van der Waals surface area contributed by atoms with E-state index in [1.807, 2.05) is 18.2 Å². The first kappa shape index (κ1) is 12.5. The lowest BCUT2D eigenvalue weighted by Gasteiger charge is -2.06. The Labute approximate surface area is 115 Å². The molecule has 2 rings (SSSR count). The van der Waals surface area contributed by atoms with Gasteiger partial charge in [-0.15, -0.1) is 0 Å². The molecule has 2 N–H and O–H groups in total. The Hall–Kier alpha value is -0.980. The Bertz CT molecular complexity index is 517. The third-order valence-corrected chi connectivity index (χ3v) is 3.11. The van der Waals surface area contributed by atoms with Crippen LogP contribution in [0.25, 0.3) is 0 Å². The van der Waals surface area contributed by atoms with Crippen molar-refractivity contribution in [3.05, 3.63) is 45.2 Å². The zero-order chi connectivity index (χ0) is 12.3. The number of aromatic nitrogens is 2. The molecule has 6 heteroatoms. The first-order chi connectivity index (χ1) is 8.19. The number of hydrogen-bond donors (Lipinski definition) is 1. The summed E-state index contributed by atoms with van der Waals surface area (Å²) in [5.74, 6) is 1.12. The molecular formula is C11H9Br2N3O. The Balaban J connectivity index is 2.19. The second kappa shape index (κ2) is 5.57. The van der Waals surface area contributed by atoms with E-state index in [4.69, 9.17) is 10.5 Å². The van der Waals surface area contributed by atoms with Crippen LogP contribution in [0.1, 0.15) is 5.69 Å². The van der Waals surface area contributed by atoms with Crippen molar-refractivity contribution < 1.29 is 4.74 Å². The molecule has 0 aliphatic heterocycles. The van der Waals surface area contributed by atoms with Crippen molar-refractivity contribution in [1.82, 2.24) is 9.97 Å². The molecule has 0 aliphatic carbocycles. The summed E-state index contributed by atoms with van der Waals surface area (Å²) in [6, 6.07) is 5.63. The minimum Gasteiger partial charge on any atom is -0.436 e. The Morgan fingerprint density at radius 1 is 1.18 bits per heavy atom. The predicted octanol–water partition coefficient (Wildman–Crippen LogP) is 3.25. The summed E-state index contributed by atoms with van der Waals surface area (Å²) >= 11 is 6.78. The summed E-state index contributed by atoms with van der Waals surface area (Å²) in [5, 5.41) is 0. The molecule has 0 bridgehead atoms. The van der Waals surface area contributed by atoms with Crippen LogP contribution in [0.3, 0.4) is 0 Å². The molecule has 17 heavy (non-hydrogen) atoms. The minimum atomic E-state index is 0.370. The zero-order valence-electron chi connectivity index (χ0n) is 8.73. The van der Waals surface area contributed by atoms with Crippen LogP contribution in [0.15, 0.2) is 39.5 Å². The number of ether oxygens (including phenoxy) is 1. The van der Waals surface area contributed by atoms with E-state index >= 15 is 0 Å². The maximum absolute atomic E-state index is 5.58. The third-order valence-electron chi connectivity index (χ3n) is 2.00. The van der Waals surface area contributed by atoms with Gasteiger partial charge in [0.25, 0.3) is 0 Å². The second-order valence-electron chi connectivity index (χ2n) is 3.23. The standard InChI is InChI=1S/C11H9Br2N3O/c12-7-1-2-10(9(13)3-7)17-11-6-15-8(4-14)5-16-11/h1-3,5-6H,4,14H2. The topological polar surface area (TPSA) is 61.0 Å². The Kier molecular flexibility index (Phi) is 4.09. The molecule has 2 aromatic rings. The fourth-order valence-electron chi connectivity index (χ4n) is 1.17. The van der Waals surface area contributed by atoms with E-state index in [0.29, 0.717) is 18.2 Å². The number of halogens is 2. The van der Waals surface area contributed by atoms with Crippen molar-refractivity contribution in [1.29, 1.82) is 0 Å². The zero-order valence-corrected chi connectivity index (χ0v) is 11.9. The van der Waals surface area contributed by atoms with Crippen LogP contribution >= 0.6 is 31.9 Å². The van der Waals surface area contributed by atoms with E-state index in [0.717, 1.165) is 14.6 Å². The van der Waals surface area contributed by atoms with Gasteiger partial charge < -0.3 is 10.5 Å². The minimum absolute atomic E-state index is 0.370. The van der Waals surface area contributed by atoms with E-state index in [1.165, 1.54) is 0 Å². The average Bonchev–Trinajstić information content (AvgIpc) is 2.34. The average molecular weight is 359 g/mol. The van der Waals surface area contributed by atoms with Gasteiger partial charge in [0.2, 0.25) is 5.88 Å². The fraction of sp³-hybridized carbons (Fsp3) is 0.0909. The van der Waals surface area contributed by atoms with E-state index in [9.17, 15) is 0 Å². The monoisotopic (exact) mass is 357 g/mol. The summed E-state index contributed by atoms with van der Waals surface area (Å²) in [7, 11) is 0. The van der Waals surface area contributed by atoms with Crippen molar-refractivity contribution in [2.75, 3.05) is 0 Å². The van der Waals surface area contributed by atoms with Crippen LogP contribution in [0.5, 0.6) is 11.6 Å². The molecule has 0 spiro atoms. The van der Waals surface area contributed by atoms with Gasteiger partial charge in [0.1, 0.15) is 5.75 Å². The van der Waals surface area contributed by atoms with E-state index in [-0.39, 0.29) is 0 Å². The SMILES string of the molecule is NCc1cnc(Oc2ccc(Br)cc2Br)cn1. The van der Waals surface area contributed by atoms with Crippen LogP contribution in [-0.2, 0) is 6.54 Å². The maximum atomic E-state index is 5.58. The van der Waals surface area contributed by atoms with Gasteiger partial charge in [0, 0.05) is 11.0 Å². The Morgan fingerprint density at radius 3 is 2.59 bits per heavy atom. The second-order valence-corrected chi connectivity index (χ2v) is 5.00. The van der Waals surface area contributed by atoms with Crippen molar-refractivity contribution >= 4 is 31.9 Å². The molecule has 1 heterocycles. The molecule has 1 aromatic carbocycles. The van der Waals surface area contributed by atoms with Crippen molar-refractivity contribution in [3.63, 3.8) is 0 Å². The molecular weight excluding hydrogens is 350 g/mol. The lowest BCUT2D eigenvalue weighted by molar-refractivity contribution is 0.456. The highest BCUT2D eigenvalue weighted by molar-refractivity contribution is 9.11. The summed E-state index contributed by atoms with van der Waals surface area (Å²) in [4.78, 5) is 8.21. The number of rotatable bonds is 3. The van der Waals surface area contributed by atoms with Crippen molar-refractivity contribution in [2.24, 2.45) is 5.73 Å². The number of benzene rings is 1. The normalized spacial score (nSPS) is 10.3. The Morgan fingerprint density at radius 2 is 2.00 bits per heavy atom. The first-order valence-corrected chi connectivity index (χ1v) is 6.41. The largest absolute Gasteiger partial charge is 0.436 e. The number of nitrogens with zero attached hydrogens (tertiary/aromatic N) is 2. The van der Waals surface area contributed by atoms with E-state index < -0.39 is 0 Å². The van der Waals surface area contributed by atoms with Gasteiger partial charge in [-0.2, -0.15) is 0 Å². The molecule has 4 nitrogen and oxygen atoms in total. The number of hydrogen-bond acceptors (Lipinski definition) is 4. The summed E-state index contributed by atoms with van der Waals surface area (Å²) in [6.07, 6.45) is 3.15. The van der Waals surface area contributed by atoms with Gasteiger partial charge in [-0.3, -0.25) is 4.98 Å². The summed E-state index contributed by atoms with van der Waals surface area (Å²) in [5.41, 5.74) is 6.17. The van der Waals surface area contributed by atoms with Gasteiger partial charge in [0.05, 0.1) is 22.6 Å². The third kappa shape index (κ3) is 3.24. The quantitative estimate of drug-likeness (QED) is 0.914. The first-order valence-electron chi connectivity index (χ1n) is 4.83. The highest BCUT2D eigenvalue weighted by Crippen LogP contribution is 2.30. The molecule has 0 atom stereocenters. The maximum Gasteiger partial charge on any atom is 0.237 e. The number of nitrogens with two attached hydrogens (primary N) is 1. The van der Waals surface area contributed by atoms with Gasteiger partial charge in [-0.05, 0) is 34.1 Å². The molecule has 0 aliphatic rings. The molecule has 0 saturated carbocycles. The van der Waals surface area contributed by atoms with Gasteiger partial charge in [-0.25, -0.2) is 4.98 Å². The summed E-state index contributed by atoms with van der Waals surface area (Å²) in [6.45, 7) is 0.370. The molecule has 88 valence electrons. The van der Waals surface area contributed by atoms with Crippen LogP contribution in [0, 0.1) is 0 Å². The van der Waals surface area contributed by atoms with Crippen molar-refractivity contribution in [2.45, 2.75) is 6.54 Å². The molecule has 0 unspecified atom stereocenters. The highest BCUT2D eigenvalue weighted by Gasteiger charge is 2.04.